The molecule has 0 amide bonds. The summed E-state index contributed by atoms with van der Waals surface area (Å²) in [5, 5.41) is 9.30. The van der Waals surface area contributed by atoms with Crippen LogP contribution in [0.1, 0.15) is 6.92 Å². The molecule has 4 nitrogen and oxygen atoms in total. The van der Waals surface area contributed by atoms with Crippen molar-refractivity contribution in [2.45, 2.75) is 13.0 Å². The Kier molecular flexibility index (Phi) is 8.83. The van der Waals surface area contributed by atoms with Gasteiger partial charge in [-0.05, 0) is 21.0 Å². The van der Waals surface area contributed by atoms with E-state index in [-0.39, 0.29) is 19.0 Å². The zero-order valence-corrected chi connectivity index (χ0v) is 9.63. The standard InChI is InChI=1S/C9H17NO3.ClH/c1-7(2)9(12)13-6-8(11)5-10(3)4;/h8,11H,1,5-6H2,2-4H3;1H. The lowest BCUT2D eigenvalue weighted by molar-refractivity contribution is -0.142. The highest BCUT2D eigenvalue weighted by Gasteiger charge is 2.09. The van der Waals surface area contributed by atoms with Gasteiger partial charge in [-0.2, -0.15) is 0 Å². The van der Waals surface area contributed by atoms with Crippen molar-refractivity contribution in [2.75, 3.05) is 27.2 Å². The lowest BCUT2D eigenvalue weighted by atomic mass is 10.3. The Labute approximate surface area is 91.0 Å². The van der Waals surface area contributed by atoms with Crippen LogP contribution in [0.5, 0.6) is 0 Å². The van der Waals surface area contributed by atoms with Crippen molar-refractivity contribution < 1.29 is 14.6 Å². The molecule has 0 aromatic heterocycles. The highest BCUT2D eigenvalue weighted by atomic mass is 35.5. The van der Waals surface area contributed by atoms with E-state index in [4.69, 9.17) is 4.74 Å². The fourth-order valence-electron chi connectivity index (χ4n) is 0.769. The maximum Gasteiger partial charge on any atom is 0.333 e. The monoisotopic (exact) mass is 223 g/mol. The van der Waals surface area contributed by atoms with Crippen molar-refractivity contribution in [1.29, 1.82) is 0 Å². The molecule has 1 unspecified atom stereocenters. The molecule has 84 valence electrons. The van der Waals surface area contributed by atoms with Crippen molar-refractivity contribution in [3.05, 3.63) is 12.2 Å². The molecule has 0 aromatic carbocycles. The fraction of sp³-hybridized carbons (Fsp3) is 0.667. The third kappa shape index (κ3) is 8.04. The molecule has 0 aliphatic rings. The van der Waals surface area contributed by atoms with Crippen LogP contribution in [0.4, 0.5) is 0 Å². The van der Waals surface area contributed by atoms with Crippen LogP contribution >= 0.6 is 12.4 Å². The van der Waals surface area contributed by atoms with Gasteiger partial charge in [0.05, 0.1) is 0 Å². The first kappa shape index (κ1) is 15.9. The average molecular weight is 224 g/mol. The van der Waals surface area contributed by atoms with Crippen LogP contribution in [0.3, 0.4) is 0 Å². The number of esters is 1. The number of carbonyl (C=O) groups is 1. The van der Waals surface area contributed by atoms with Gasteiger partial charge in [0.1, 0.15) is 12.7 Å². The van der Waals surface area contributed by atoms with Crippen molar-refractivity contribution >= 4 is 18.4 Å². The van der Waals surface area contributed by atoms with Crippen LogP contribution < -0.4 is 0 Å². The highest BCUT2D eigenvalue weighted by Crippen LogP contribution is 1.94. The van der Waals surface area contributed by atoms with Crippen molar-refractivity contribution in [3.8, 4) is 0 Å². The molecule has 5 heteroatoms. The van der Waals surface area contributed by atoms with Gasteiger partial charge < -0.3 is 14.7 Å². The van der Waals surface area contributed by atoms with Gasteiger partial charge in [0.25, 0.3) is 0 Å². The molecule has 0 aliphatic carbocycles. The summed E-state index contributed by atoms with van der Waals surface area (Å²) in [6, 6.07) is 0. The molecule has 0 aromatic rings. The van der Waals surface area contributed by atoms with E-state index in [0.29, 0.717) is 12.1 Å². The molecular weight excluding hydrogens is 206 g/mol. The summed E-state index contributed by atoms with van der Waals surface area (Å²) >= 11 is 0. The number of nitrogens with zero attached hydrogens (tertiary/aromatic N) is 1. The van der Waals surface area contributed by atoms with Gasteiger partial charge in [0, 0.05) is 12.1 Å². The number of carbonyl (C=O) groups excluding carboxylic acids is 1. The van der Waals surface area contributed by atoms with Gasteiger partial charge in [0.2, 0.25) is 0 Å². The molecule has 0 saturated heterocycles. The largest absolute Gasteiger partial charge is 0.460 e. The van der Waals surface area contributed by atoms with E-state index >= 15 is 0 Å². The Morgan fingerprint density at radius 3 is 2.43 bits per heavy atom. The minimum absolute atomic E-state index is 0. The van der Waals surface area contributed by atoms with E-state index < -0.39 is 12.1 Å². The van der Waals surface area contributed by atoms with E-state index in [2.05, 4.69) is 6.58 Å². The second-order valence-electron chi connectivity index (χ2n) is 3.29. The predicted octanol–water partition coefficient (Wildman–Crippen LogP) is 0.450. The molecule has 0 radical (unpaired) electrons. The smallest absolute Gasteiger partial charge is 0.333 e. The number of ether oxygens (including phenoxy) is 1. The van der Waals surface area contributed by atoms with Crippen molar-refractivity contribution in [2.24, 2.45) is 0 Å². The molecule has 0 fully saturated rings. The van der Waals surface area contributed by atoms with Gasteiger partial charge in [-0.1, -0.05) is 6.58 Å². The van der Waals surface area contributed by atoms with Crippen LogP contribution in [0.2, 0.25) is 0 Å². The normalized spacial score (nSPS) is 11.8. The Morgan fingerprint density at radius 1 is 1.57 bits per heavy atom. The van der Waals surface area contributed by atoms with Crippen LogP contribution in [0.15, 0.2) is 12.2 Å². The second kappa shape index (κ2) is 7.79. The number of aliphatic hydroxyl groups excluding tert-OH is 1. The second-order valence-corrected chi connectivity index (χ2v) is 3.29. The third-order valence-corrected chi connectivity index (χ3v) is 1.33. The number of rotatable bonds is 5. The van der Waals surface area contributed by atoms with Crippen LogP contribution in [-0.4, -0.2) is 49.3 Å². The van der Waals surface area contributed by atoms with E-state index in [9.17, 15) is 9.90 Å². The SMILES string of the molecule is C=C(C)C(=O)OCC(O)CN(C)C.Cl. The van der Waals surface area contributed by atoms with Gasteiger partial charge in [-0.15, -0.1) is 12.4 Å². The molecule has 0 aliphatic heterocycles. The zero-order chi connectivity index (χ0) is 10.4. The fourth-order valence-corrected chi connectivity index (χ4v) is 0.769. The maximum absolute atomic E-state index is 10.9. The Hall–Kier alpha value is -0.580. The highest BCUT2D eigenvalue weighted by molar-refractivity contribution is 5.86. The minimum Gasteiger partial charge on any atom is -0.460 e. The molecule has 1 atom stereocenters. The predicted molar refractivity (Wildman–Crippen MR) is 57.6 cm³/mol. The quantitative estimate of drug-likeness (QED) is 0.543. The first-order valence-corrected chi connectivity index (χ1v) is 4.09. The number of halogens is 1. The summed E-state index contributed by atoms with van der Waals surface area (Å²) in [6.45, 7) is 5.49. The van der Waals surface area contributed by atoms with Gasteiger partial charge >= 0.3 is 5.97 Å². The summed E-state index contributed by atoms with van der Waals surface area (Å²) in [5.41, 5.74) is 0.344. The summed E-state index contributed by atoms with van der Waals surface area (Å²) < 4.78 is 4.75. The van der Waals surface area contributed by atoms with Crippen molar-refractivity contribution in [1.82, 2.24) is 4.90 Å². The molecule has 14 heavy (non-hydrogen) atoms. The first-order valence-electron chi connectivity index (χ1n) is 4.09. The molecule has 0 heterocycles. The number of aliphatic hydroxyl groups is 1. The van der Waals surface area contributed by atoms with E-state index in [1.54, 1.807) is 6.92 Å². The molecule has 0 bridgehead atoms. The van der Waals surface area contributed by atoms with E-state index in [0.717, 1.165) is 0 Å². The lowest BCUT2D eigenvalue weighted by Crippen LogP contribution is -2.30. The zero-order valence-electron chi connectivity index (χ0n) is 8.82. The lowest BCUT2D eigenvalue weighted by Gasteiger charge is -2.15. The van der Waals surface area contributed by atoms with Gasteiger partial charge in [0.15, 0.2) is 0 Å². The summed E-state index contributed by atoms with van der Waals surface area (Å²) in [4.78, 5) is 12.7. The van der Waals surface area contributed by atoms with Crippen LogP contribution in [-0.2, 0) is 9.53 Å². The number of hydrogen-bond donors (Lipinski definition) is 1. The molecule has 1 N–H and O–H groups in total. The third-order valence-electron chi connectivity index (χ3n) is 1.33. The summed E-state index contributed by atoms with van der Waals surface area (Å²) in [6.07, 6.45) is -0.640. The molecular formula is C9H18ClNO3. The number of hydrogen-bond acceptors (Lipinski definition) is 4. The topological polar surface area (TPSA) is 49.8 Å². The Bertz CT molecular complexity index is 194. The number of likely N-dealkylation sites (N-methyl/N-ethyl adjacent to an activating group) is 1. The van der Waals surface area contributed by atoms with Crippen LogP contribution in [0.25, 0.3) is 0 Å². The summed E-state index contributed by atoms with van der Waals surface area (Å²) in [5.74, 6) is -0.460. The van der Waals surface area contributed by atoms with Crippen molar-refractivity contribution in [3.63, 3.8) is 0 Å². The Morgan fingerprint density at radius 2 is 2.07 bits per heavy atom. The molecule has 0 spiro atoms. The van der Waals surface area contributed by atoms with E-state index in [1.807, 2.05) is 19.0 Å². The van der Waals surface area contributed by atoms with E-state index in [1.165, 1.54) is 0 Å². The average Bonchev–Trinajstić information content (AvgIpc) is 1.98. The minimum atomic E-state index is -0.640. The first-order chi connectivity index (χ1) is 5.93. The Balaban J connectivity index is 0. The van der Waals surface area contributed by atoms with Gasteiger partial charge in [-0.3, -0.25) is 0 Å². The van der Waals surface area contributed by atoms with Crippen LogP contribution in [0, 0.1) is 0 Å². The summed E-state index contributed by atoms with van der Waals surface area (Å²) in [7, 11) is 3.67. The molecule has 0 rings (SSSR count). The molecule has 0 saturated carbocycles. The van der Waals surface area contributed by atoms with Gasteiger partial charge in [-0.25, -0.2) is 4.79 Å². The maximum atomic E-state index is 10.9.